The summed E-state index contributed by atoms with van der Waals surface area (Å²) < 4.78 is 10.9. The molecule has 0 saturated carbocycles. The van der Waals surface area contributed by atoms with E-state index in [-0.39, 0.29) is 16.1 Å². The molecule has 0 spiro atoms. The number of carbonyl (C=O) groups excluding carboxylic acids is 3. The Hall–Kier alpha value is -4.10. The van der Waals surface area contributed by atoms with Gasteiger partial charge in [-0.1, -0.05) is 44.5 Å². The number of carbonyl (C=O) groups is 3. The van der Waals surface area contributed by atoms with Crippen molar-refractivity contribution in [1.29, 1.82) is 0 Å². The lowest BCUT2D eigenvalue weighted by Gasteiger charge is -2.19. The maximum atomic E-state index is 13.0. The standard InChI is InChI=1S/C29H27ClN2O5/c1-5-36-22-16-12-21(13-17-22)32-26(33)24(30)25(27(32)34)31-20-10-6-18(7-11-20)28(35)37-23-14-8-19(9-15-23)29(2,3)4/h6-17,31H,5H2,1-4H3. The summed E-state index contributed by atoms with van der Waals surface area (Å²) in [6.45, 7) is 8.70. The van der Waals surface area contributed by atoms with Gasteiger partial charge >= 0.3 is 5.97 Å². The van der Waals surface area contributed by atoms with E-state index in [1.807, 2.05) is 19.1 Å². The number of nitrogens with one attached hydrogen (secondary N) is 1. The molecule has 1 N–H and O–H groups in total. The predicted molar refractivity (Wildman–Crippen MR) is 143 cm³/mol. The highest BCUT2D eigenvalue weighted by Crippen LogP contribution is 2.31. The summed E-state index contributed by atoms with van der Waals surface area (Å²) in [6.07, 6.45) is 0. The Kier molecular flexibility index (Phi) is 7.36. The van der Waals surface area contributed by atoms with Gasteiger partial charge < -0.3 is 14.8 Å². The maximum absolute atomic E-state index is 13.0. The van der Waals surface area contributed by atoms with Crippen LogP contribution in [0.2, 0.25) is 0 Å². The SMILES string of the molecule is CCOc1ccc(N2C(=O)C(Cl)=C(Nc3ccc(C(=O)Oc4ccc(C(C)(C)C)cc4)cc3)C2=O)cc1. The third-order valence-electron chi connectivity index (χ3n) is 5.75. The molecule has 190 valence electrons. The van der Waals surface area contributed by atoms with E-state index in [0.29, 0.717) is 35.0 Å². The number of esters is 1. The van der Waals surface area contributed by atoms with Crippen LogP contribution in [0.4, 0.5) is 11.4 Å². The first-order valence-electron chi connectivity index (χ1n) is 11.8. The summed E-state index contributed by atoms with van der Waals surface area (Å²) in [5.74, 6) is -0.650. The molecule has 1 aliphatic heterocycles. The molecule has 0 aliphatic carbocycles. The highest BCUT2D eigenvalue weighted by atomic mass is 35.5. The molecule has 7 nitrogen and oxygen atoms in total. The number of amides is 2. The minimum atomic E-state index is -0.629. The van der Waals surface area contributed by atoms with Crippen LogP contribution in [-0.4, -0.2) is 24.4 Å². The van der Waals surface area contributed by atoms with Gasteiger partial charge in [-0.2, -0.15) is 0 Å². The first kappa shape index (κ1) is 26.0. The number of hydrogen-bond donors (Lipinski definition) is 1. The summed E-state index contributed by atoms with van der Waals surface area (Å²) in [6, 6.07) is 20.3. The van der Waals surface area contributed by atoms with Crippen molar-refractivity contribution in [2.24, 2.45) is 0 Å². The van der Waals surface area contributed by atoms with E-state index in [9.17, 15) is 14.4 Å². The Morgan fingerprint density at radius 1 is 0.865 bits per heavy atom. The topological polar surface area (TPSA) is 84.9 Å². The lowest BCUT2D eigenvalue weighted by molar-refractivity contribution is -0.120. The van der Waals surface area contributed by atoms with Crippen molar-refractivity contribution >= 4 is 40.8 Å². The fourth-order valence-electron chi connectivity index (χ4n) is 3.73. The lowest BCUT2D eigenvalue weighted by atomic mass is 9.87. The maximum Gasteiger partial charge on any atom is 0.343 e. The molecule has 0 aromatic heterocycles. The van der Waals surface area contributed by atoms with Crippen molar-refractivity contribution in [2.75, 3.05) is 16.8 Å². The second-order valence-electron chi connectivity index (χ2n) is 9.43. The molecule has 3 aromatic rings. The average molecular weight is 519 g/mol. The van der Waals surface area contributed by atoms with Crippen molar-refractivity contribution in [1.82, 2.24) is 0 Å². The Balaban J connectivity index is 1.43. The van der Waals surface area contributed by atoms with Crippen LogP contribution in [-0.2, 0) is 15.0 Å². The molecule has 0 saturated heterocycles. The summed E-state index contributed by atoms with van der Waals surface area (Å²) >= 11 is 6.22. The minimum Gasteiger partial charge on any atom is -0.494 e. The Morgan fingerprint density at radius 3 is 2.03 bits per heavy atom. The second-order valence-corrected chi connectivity index (χ2v) is 9.81. The van der Waals surface area contributed by atoms with E-state index in [1.54, 1.807) is 60.7 Å². The zero-order chi connectivity index (χ0) is 26.7. The van der Waals surface area contributed by atoms with Gasteiger partial charge in [-0.3, -0.25) is 9.59 Å². The molecular weight excluding hydrogens is 492 g/mol. The number of benzene rings is 3. The molecule has 1 aliphatic rings. The smallest absolute Gasteiger partial charge is 0.343 e. The van der Waals surface area contributed by atoms with Crippen molar-refractivity contribution in [3.63, 3.8) is 0 Å². The largest absolute Gasteiger partial charge is 0.494 e. The summed E-state index contributed by atoms with van der Waals surface area (Å²) in [7, 11) is 0. The molecular formula is C29H27ClN2O5. The number of ether oxygens (including phenoxy) is 2. The van der Waals surface area contributed by atoms with Crippen LogP contribution in [0.15, 0.2) is 83.5 Å². The van der Waals surface area contributed by atoms with E-state index < -0.39 is 17.8 Å². The van der Waals surface area contributed by atoms with E-state index in [0.717, 1.165) is 10.5 Å². The highest BCUT2D eigenvalue weighted by Gasteiger charge is 2.39. The van der Waals surface area contributed by atoms with Gasteiger partial charge in [0.05, 0.1) is 17.9 Å². The Morgan fingerprint density at radius 2 is 1.46 bits per heavy atom. The van der Waals surface area contributed by atoms with Gasteiger partial charge in [0.1, 0.15) is 22.2 Å². The first-order chi connectivity index (χ1) is 17.6. The van der Waals surface area contributed by atoms with Crippen LogP contribution in [0.3, 0.4) is 0 Å². The third-order valence-corrected chi connectivity index (χ3v) is 6.10. The van der Waals surface area contributed by atoms with Crippen LogP contribution in [0.5, 0.6) is 11.5 Å². The monoisotopic (exact) mass is 518 g/mol. The van der Waals surface area contributed by atoms with Crippen LogP contribution in [0, 0.1) is 0 Å². The van der Waals surface area contributed by atoms with E-state index >= 15 is 0 Å². The fraction of sp³-hybridized carbons (Fsp3) is 0.207. The van der Waals surface area contributed by atoms with Gasteiger partial charge in [-0.15, -0.1) is 0 Å². The van der Waals surface area contributed by atoms with E-state index in [1.165, 1.54) is 0 Å². The Bertz CT molecular complexity index is 1360. The normalized spacial score (nSPS) is 13.7. The molecule has 0 fully saturated rings. The van der Waals surface area contributed by atoms with Crippen LogP contribution in [0.25, 0.3) is 0 Å². The van der Waals surface area contributed by atoms with Crippen molar-refractivity contribution in [3.8, 4) is 11.5 Å². The first-order valence-corrected chi connectivity index (χ1v) is 12.2. The summed E-state index contributed by atoms with van der Waals surface area (Å²) in [4.78, 5) is 39.3. The Labute approximate surface area is 220 Å². The van der Waals surface area contributed by atoms with E-state index in [4.69, 9.17) is 21.1 Å². The number of rotatable bonds is 7. The molecule has 0 bridgehead atoms. The molecule has 2 amide bonds. The fourth-order valence-corrected chi connectivity index (χ4v) is 3.94. The van der Waals surface area contributed by atoms with Gasteiger partial charge in [-0.25, -0.2) is 9.69 Å². The number of halogens is 1. The molecule has 4 rings (SSSR count). The van der Waals surface area contributed by atoms with Crippen molar-refractivity contribution in [3.05, 3.63) is 94.7 Å². The predicted octanol–water partition coefficient (Wildman–Crippen LogP) is 6.04. The van der Waals surface area contributed by atoms with E-state index in [2.05, 4.69) is 26.1 Å². The van der Waals surface area contributed by atoms with Crippen LogP contribution < -0.4 is 19.7 Å². The minimum absolute atomic E-state index is 0.000272. The molecule has 3 aromatic carbocycles. The van der Waals surface area contributed by atoms with Gasteiger partial charge in [-0.05, 0) is 78.6 Å². The van der Waals surface area contributed by atoms with Gasteiger partial charge in [0.15, 0.2) is 0 Å². The second kappa shape index (κ2) is 10.5. The highest BCUT2D eigenvalue weighted by molar-refractivity contribution is 6.53. The quantitative estimate of drug-likeness (QED) is 0.233. The summed E-state index contributed by atoms with van der Waals surface area (Å²) in [5, 5.41) is 2.68. The zero-order valence-corrected chi connectivity index (χ0v) is 21.8. The summed E-state index contributed by atoms with van der Waals surface area (Å²) in [5.41, 5.74) is 2.28. The number of anilines is 2. The lowest BCUT2D eigenvalue weighted by Crippen LogP contribution is -2.32. The van der Waals surface area contributed by atoms with Gasteiger partial charge in [0.25, 0.3) is 11.8 Å². The van der Waals surface area contributed by atoms with Crippen molar-refractivity contribution in [2.45, 2.75) is 33.1 Å². The third kappa shape index (κ3) is 5.67. The molecule has 0 unspecified atom stereocenters. The molecule has 0 radical (unpaired) electrons. The van der Waals surface area contributed by atoms with Crippen LogP contribution >= 0.6 is 11.6 Å². The number of nitrogens with zero attached hydrogens (tertiary/aromatic N) is 1. The van der Waals surface area contributed by atoms with Crippen molar-refractivity contribution < 1.29 is 23.9 Å². The molecule has 8 heteroatoms. The number of imide groups is 1. The zero-order valence-electron chi connectivity index (χ0n) is 21.0. The van der Waals surface area contributed by atoms with Gasteiger partial charge in [0, 0.05) is 5.69 Å². The molecule has 0 atom stereocenters. The van der Waals surface area contributed by atoms with Gasteiger partial charge in [0.2, 0.25) is 0 Å². The molecule has 1 heterocycles. The van der Waals surface area contributed by atoms with Crippen LogP contribution in [0.1, 0.15) is 43.6 Å². The molecule has 37 heavy (non-hydrogen) atoms. The number of hydrogen-bond acceptors (Lipinski definition) is 6. The average Bonchev–Trinajstić information content (AvgIpc) is 3.08.